The highest BCUT2D eigenvalue weighted by Crippen LogP contribution is 2.20. The van der Waals surface area contributed by atoms with Gasteiger partial charge in [-0.2, -0.15) is 0 Å². The monoisotopic (exact) mass is 490 g/mol. The third kappa shape index (κ3) is 4.01. The van der Waals surface area contributed by atoms with Crippen molar-refractivity contribution in [1.82, 2.24) is 9.55 Å². The molecule has 1 heterocycles. The van der Waals surface area contributed by atoms with Crippen molar-refractivity contribution in [2.45, 2.75) is 13.5 Å². The normalized spacial score (nSPS) is 10.6. The Morgan fingerprint density at radius 2 is 1.75 bits per heavy atom. The molecule has 0 unspecified atom stereocenters. The molecule has 144 valence electrons. The lowest BCUT2D eigenvalue weighted by molar-refractivity contribution is 0.0988. The molecule has 3 N–H and O–H groups in total. The Bertz CT molecular complexity index is 1110. The van der Waals surface area contributed by atoms with Crippen molar-refractivity contribution in [1.29, 1.82) is 0 Å². The van der Waals surface area contributed by atoms with Crippen molar-refractivity contribution < 1.29 is 4.79 Å². The number of benzene rings is 2. The average Bonchev–Trinajstić information content (AvgIpc) is 2.69. The first-order valence-electron chi connectivity index (χ1n) is 8.66. The SMILES string of the molecule is CCN(C(=O)c1ccc(I)cc1)c1c(N)n(Cc2ccccc2)c(=O)[nH]c1=O. The minimum atomic E-state index is -0.687. The lowest BCUT2D eigenvalue weighted by Gasteiger charge is -2.23. The molecule has 0 aliphatic carbocycles. The molecule has 0 aliphatic rings. The lowest BCUT2D eigenvalue weighted by Crippen LogP contribution is -2.41. The number of hydrogen-bond acceptors (Lipinski definition) is 4. The van der Waals surface area contributed by atoms with Crippen LogP contribution >= 0.6 is 22.6 Å². The van der Waals surface area contributed by atoms with Crippen molar-refractivity contribution >= 4 is 40.0 Å². The first kappa shape index (κ1) is 19.9. The number of aromatic nitrogens is 2. The van der Waals surface area contributed by atoms with E-state index >= 15 is 0 Å². The summed E-state index contributed by atoms with van der Waals surface area (Å²) in [5.74, 6) is -0.403. The number of halogens is 1. The van der Waals surface area contributed by atoms with Crippen LogP contribution in [0, 0.1) is 3.57 Å². The Labute approximate surface area is 175 Å². The number of rotatable bonds is 5. The number of hydrogen-bond donors (Lipinski definition) is 2. The van der Waals surface area contributed by atoms with Crippen LogP contribution in [-0.2, 0) is 6.54 Å². The van der Waals surface area contributed by atoms with E-state index in [0.717, 1.165) is 9.13 Å². The van der Waals surface area contributed by atoms with Gasteiger partial charge in [0.05, 0.1) is 6.54 Å². The molecule has 0 aliphatic heterocycles. The van der Waals surface area contributed by atoms with Gasteiger partial charge in [0.25, 0.3) is 11.5 Å². The number of H-pyrrole nitrogens is 1. The minimum absolute atomic E-state index is 0.0263. The number of nitrogens with two attached hydrogens (primary N) is 1. The Balaban J connectivity index is 2.07. The van der Waals surface area contributed by atoms with Gasteiger partial charge in [0.1, 0.15) is 5.82 Å². The molecular weight excluding hydrogens is 471 g/mol. The van der Waals surface area contributed by atoms with E-state index in [9.17, 15) is 14.4 Å². The molecule has 0 atom stereocenters. The summed E-state index contributed by atoms with van der Waals surface area (Å²) in [7, 11) is 0. The molecule has 7 nitrogen and oxygen atoms in total. The molecule has 0 spiro atoms. The quantitative estimate of drug-likeness (QED) is 0.537. The molecule has 0 bridgehead atoms. The van der Waals surface area contributed by atoms with Gasteiger partial charge in [-0.1, -0.05) is 30.3 Å². The van der Waals surface area contributed by atoms with Gasteiger partial charge in [-0.25, -0.2) is 4.79 Å². The summed E-state index contributed by atoms with van der Waals surface area (Å²) < 4.78 is 2.25. The molecule has 2 aromatic carbocycles. The molecule has 28 heavy (non-hydrogen) atoms. The van der Waals surface area contributed by atoms with Gasteiger partial charge in [0, 0.05) is 15.7 Å². The van der Waals surface area contributed by atoms with Gasteiger partial charge >= 0.3 is 5.69 Å². The highest BCUT2D eigenvalue weighted by atomic mass is 127. The molecule has 3 rings (SSSR count). The maximum Gasteiger partial charge on any atom is 0.330 e. The van der Waals surface area contributed by atoms with Gasteiger partial charge in [0.2, 0.25) is 0 Å². The molecule has 0 saturated carbocycles. The summed E-state index contributed by atoms with van der Waals surface area (Å²) in [6, 6.07) is 16.3. The topological polar surface area (TPSA) is 101 Å². The number of carbonyl (C=O) groups is 1. The van der Waals surface area contributed by atoms with Gasteiger partial charge in [-0.3, -0.25) is 19.1 Å². The predicted octanol–water partition coefficient (Wildman–Crippen LogP) is 2.44. The van der Waals surface area contributed by atoms with Gasteiger partial charge in [-0.05, 0) is 59.3 Å². The third-order valence-corrected chi connectivity index (χ3v) is 5.04. The second kappa shape index (κ2) is 8.42. The van der Waals surface area contributed by atoms with Gasteiger partial charge in [0.15, 0.2) is 5.69 Å². The van der Waals surface area contributed by atoms with Crippen LogP contribution in [0.15, 0.2) is 64.2 Å². The molecule has 1 aromatic heterocycles. The molecule has 0 radical (unpaired) electrons. The second-order valence-electron chi connectivity index (χ2n) is 6.12. The fourth-order valence-corrected chi connectivity index (χ4v) is 3.27. The van der Waals surface area contributed by atoms with Crippen molar-refractivity contribution in [3.05, 3.63) is 90.1 Å². The predicted molar refractivity (Wildman–Crippen MR) is 118 cm³/mol. The van der Waals surface area contributed by atoms with Crippen molar-refractivity contribution in [3.8, 4) is 0 Å². The zero-order chi connectivity index (χ0) is 20.3. The first-order valence-corrected chi connectivity index (χ1v) is 9.74. The van der Waals surface area contributed by atoms with E-state index in [1.54, 1.807) is 19.1 Å². The van der Waals surface area contributed by atoms with Crippen LogP contribution < -0.4 is 21.9 Å². The van der Waals surface area contributed by atoms with Crippen LogP contribution in [-0.4, -0.2) is 22.0 Å². The van der Waals surface area contributed by atoms with E-state index in [0.29, 0.717) is 5.56 Å². The van der Waals surface area contributed by atoms with Crippen LogP contribution in [0.25, 0.3) is 0 Å². The fourth-order valence-electron chi connectivity index (χ4n) is 2.91. The largest absolute Gasteiger partial charge is 0.383 e. The standard InChI is InChI=1S/C20H19IN4O3/c1-2-24(19(27)14-8-10-15(21)11-9-14)16-17(22)25(20(28)23-18(16)26)12-13-6-4-3-5-7-13/h3-11H,2,12,22H2,1H3,(H,23,26,28). The molecule has 3 aromatic rings. The van der Waals surface area contributed by atoms with E-state index < -0.39 is 11.2 Å². The molecule has 0 fully saturated rings. The Morgan fingerprint density at radius 1 is 1.11 bits per heavy atom. The van der Waals surface area contributed by atoms with Crippen molar-refractivity contribution in [3.63, 3.8) is 0 Å². The Morgan fingerprint density at radius 3 is 2.36 bits per heavy atom. The van der Waals surface area contributed by atoms with Gasteiger partial charge in [-0.15, -0.1) is 0 Å². The number of nitrogens with one attached hydrogen (secondary N) is 1. The summed E-state index contributed by atoms with van der Waals surface area (Å²) in [5, 5.41) is 0. The number of nitrogen functional groups attached to an aromatic ring is 1. The van der Waals surface area contributed by atoms with E-state index in [1.165, 1.54) is 9.47 Å². The van der Waals surface area contributed by atoms with E-state index in [2.05, 4.69) is 27.6 Å². The maximum absolute atomic E-state index is 13.0. The van der Waals surface area contributed by atoms with Crippen LogP contribution in [0.2, 0.25) is 0 Å². The lowest BCUT2D eigenvalue weighted by atomic mass is 10.2. The average molecular weight is 490 g/mol. The maximum atomic E-state index is 13.0. The molecular formula is C20H19IN4O3. The van der Waals surface area contributed by atoms with Crippen molar-refractivity contribution in [2.24, 2.45) is 0 Å². The Hall–Kier alpha value is -2.88. The smallest absolute Gasteiger partial charge is 0.330 e. The summed E-state index contributed by atoms with van der Waals surface area (Å²) in [6.07, 6.45) is 0. The van der Waals surface area contributed by atoms with E-state index in [-0.39, 0.29) is 30.5 Å². The highest BCUT2D eigenvalue weighted by Gasteiger charge is 2.24. The third-order valence-electron chi connectivity index (χ3n) is 4.32. The summed E-state index contributed by atoms with van der Waals surface area (Å²) in [5.41, 5.74) is 6.15. The van der Waals surface area contributed by atoms with E-state index in [1.807, 2.05) is 42.5 Å². The zero-order valence-corrected chi connectivity index (χ0v) is 17.3. The number of nitrogens with zero attached hydrogens (tertiary/aromatic N) is 2. The first-order chi connectivity index (χ1) is 13.4. The number of anilines is 2. The second-order valence-corrected chi connectivity index (χ2v) is 7.37. The molecule has 1 amide bonds. The van der Waals surface area contributed by atoms with Crippen LogP contribution in [0.4, 0.5) is 11.5 Å². The Kier molecular flexibility index (Phi) is 5.98. The van der Waals surface area contributed by atoms with Crippen LogP contribution in [0.3, 0.4) is 0 Å². The minimum Gasteiger partial charge on any atom is -0.383 e. The van der Waals surface area contributed by atoms with Crippen LogP contribution in [0.1, 0.15) is 22.8 Å². The summed E-state index contributed by atoms with van der Waals surface area (Å²) in [6.45, 7) is 2.16. The highest BCUT2D eigenvalue weighted by molar-refractivity contribution is 14.1. The van der Waals surface area contributed by atoms with Crippen molar-refractivity contribution in [2.75, 3.05) is 17.2 Å². The van der Waals surface area contributed by atoms with Gasteiger partial charge < -0.3 is 10.6 Å². The van der Waals surface area contributed by atoms with E-state index in [4.69, 9.17) is 5.73 Å². The van der Waals surface area contributed by atoms with Crippen LogP contribution in [0.5, 0.6) is 0 Å². The summed E-state index contributed by atoms with van der Waals surface area (Å²) >= 11 is 2.15. The fraction of sp³-hybridized carbons (Fsp3) is 0.150. The molecule has 0 saturated heterocycles. The molecule has 8 heteroatoms. The summed E-state index contributed by atoms with van der Waals surface area (Å²) in [4.78, 5) is 41.4. The number of aromatic amines is 1. The number of amides is 1. The zero-order valence-electron chi connectivity index (χ0n) is 15.2. The number of carbonyl (C=O) groups excluding carboxylic acids is 1.